The Bertz CT molecular complexity index is 523. The first-order valence-corrected chi connectivity index (χ1v) is 9.47. The van der Waals surface area contributed by atoms with Gasteiger partial charge in [-0.25, -0.2) is 8.42 Å². The van der Waals surface area contributed by atoms with E-state index in [1.807, 2.05) is 0 Å². The van der Waals surface area contributed by atoms with E-state index in [0.29, 0.717) is 12.8 Å². The van der Waals surface area contributed by atoms with Gasteiger partial charge < -0.3 is 10.2 Å². The van der Waals surface area contributed by atoms with Crippen molar-refractivity contribution >= 4 is 21.7 Å². The second kappa shape index (κ2) is 5.94. The first-order chi connectivity index (χ1) is 9.82. The minimum Gasteiger partial charge on any atom is -0.343 e. The van der Waals surface area contributed by atoms with Crippen LogP contribution in [0.5, 0.6) is 0 Å². The number of hydrogen-bond donors (Lipinski definition) is 1. The predicted molar refractivity (Wildman–Crippen MR) is 79.5 cm³/mol. The Morgan fingerprint density at radius 2 is 1.86 bits per heavy atom. The van der Waals surface area contributed by atoms with Gasteiger partial charge in [-0.1, -0.05) is 26.2 Å². The summed E-state index contributed by atoms with van der Waals surface area (Å²) >= 11 is 0. The topological polar surface area (TPSA) is 83.6 Å². The summed E-state index contributed by atoms with van der Waals surface area (Å²) in [5.74, 6) is -0.299. The number of carbonyl (C=O) groups is 2. The van der Waals surface area contributed by atoms with Crippen molar-refractivity contribution in [2.24, 2.45) is 0 Å². The molecule has 0 radical (unpaired) electrons. The van der Waals surface area contributed by atoms with Gasteiger partial charge in [-0.2, -0.15) is 0 Å². The molecule has 0 aromatic heterocycles. The smallest absolute Gasteiger partial charge is 0.246 e. The van der Waals surface area contributed by atoms with Gasteiger partial charge >= 0.3 is 0 Å². The maximum Gasteiger partial charge on any atom is 0.246 e. The minimum absolute atomic E-state index is 0.0593. The molecular weight excluding hydrogens is 292 g/mol. The average molecular weight is 316 g/mol. The third-order valence-corrected chi connectivity index (χ3v) is 6.35. The molecule has 2 amide bonds. The number of nitrogens with zero attached hydrogens (tertiary/aromatic N) is 1. The summed E-state index contributed by atoms with van der Waals surface area (Å²) in [4.78, 5) is 26.5. The van der Waals surface area contributed by atoms with Gasteiger partial charge in [0.25, 0.3) is 0 Å². The van der Waals surface area contributed by atoms with Crippen molar-refractivity contribution in [1.82, 2.24) is 10.2 Å². The molecule has 1 aliphatic heterocycles. The fourth-order valence-electron chi connectivity index (χ4n) is 3.29. The predicted octanol–water partition coefficient (Wildman–Crippen LogP) is 0.471. The molecule has 1 spiro atoms. The molecule has 0 bridgehead atoms. The van der Waals surface area contributed by atoms with Gasteiger partial charge in [0.2, 0.25) is 11.8 Å². The van der Waals surface area contributed by atoms with Crippen molar-refractivity contribution in [3.8, 4) is 0 Å². The Balaban J connectivity index is 2.26. The van der Waals surface area contributed by atoms with Gasteiger partial charge in [-0.15, -0.1) is 0 Å². The molecule has 1 aliphatic carbocycles. The summed E-state index contributed by atoms with van der Waals surface area (Å²) in [5.41, 5.74) is -0.828. The van der Waals surface area contributed by atoms with Gasteiger partial charge in [0.05, 0.1) is 5.75 Å². The SMILES string of the molecule is CCS(=O)(=O)CCN1C(=O)C(C)NC(=O)C12CCCCC2. The molecule has 7 heteroatoms. The van der Waals surface area contributed by atoms with Crippen LogP contribution in [-0.2, 0) is 19.4 Å². The molecule has 2 fully saturated rings. The maximum absolute atomic E-state index is 12.5. The number of piperazine rings is 1. The summed E-state index contributed by atoms with van der Waals surface area (Å²) in [6.07, 6.45) is 4.10. The van der Waals surface area contributed by atoms with Crippen LogP contribution in [-0.4, -0.2) is 54.8 Å². The van der Waals surface area contributed by atoms with E-state index >= 15 is 0 Å². The van der Waals surface area contributed by atoms with Crippen molar-refractivity contribution in [3.05, 3.63) is 0 Å². The Hall–Kier alpha value is -1.11. The maximum atomic E-state index is 12.5. The molecule has 21 heavy (non-hydrogen) atoms. The molecule has 1 atom stereocenters. The third-order valence-electron chi connectivity index (χ3n) is 4.67. The molecule has 0 aromatic carbocycles. The highest BCUT2D eigenvalue weighted by molar-refractivity contribution is 7.91. The summed E-state index contributed by atoms with van der Waals surface area (Å²) in [6, 6.07) is -0.575. The van der Waals surface area contributed by atoms with Gasteiger partial charge in [0.1, 0.15) is 11.6 Å². The van der Waals surface area contributed by atoms with Crippen molar-refractivity contribution in [2.75, 3.05) is 18.1 Å². The zero-order valence-electron chi connectivity index (χ0n) is 12.7. The van der Waals surface area contributed by atoms with E-state index in [-0.39, 0.29) is 29.9 Å². The lowest BCUT2D eigenvalue weighted by molar-refractivity contribution is -0.159. The monoisotopic (exact) mass is 316 g/mol. The van der Waals surface area contributed by atoms with Crippen LogP contribution in [0, 0.1) is 0 Å². The molecule has 120 valence electrons. The van der Waals surface area contributed by atoms with Gasteiger partial charge in [-0.3, -0.25) is 9.59 Å². The standard InChI is InChI=1S/C14H24N2O4S/c1-3-21(19,20)10-9-16-12(17)11(2)15-13(18)14(16)7-5-4-6-8-14/h11H,3-10H2,1-2H3,(H,15,18). The zero-order chi connectivity index (χ0) is 15.7. The molecule has 2 aliphatic rings. The van der Waals surface area contributed by atoms with Crippen LogP contribution in [0.25, 0.3) is 0 Å². The lowest BCUT2D eigenvalue weighted by atomic mass is 9.77. The number of carbonyl (C=O) groups excluding carboxylic acids is 2. The highest BCUT2D eigenvalue weighted by Gasteiger charge is 2.51. The molecule has 1 saturated carbocycles. The number of amides is 2. The fraction of sp³-hybridized carbons (Fsp3) is 0.857. The van der Waals surface area contributed by atoms with Crippen LogP contribution >= 0.6 is 0 Å². The number of sulfone groups is 1. The van der Waals surface area contributed by atoms with Crippen LogP contribution in [0.15, 0.2) is 0 Å². The lowest BCUT2D eigenvalue weighted by Gasteiger charge is -2.49. The van der Waals surface area contributed by atoms with E-state index in [9.17, 15) is 18.0 Å². The zero-order valence-corrected chi connectivity index (χ0v) is 13.5. The normalized spacial score (nSPS) is 26.0. The quantitative estimate of drug-likeness (QED) is 0.817. The second-order valence-electron chi connectivity index (χ2n) is 6.01. The van der Waals surface area contributed by atoms with Gasteiger partial charge in [0, 0.05) is 12.3 Å². The van der Waals surface area contributed by atoms with Crippen molar-refractivity contribution < 1.29 is 18.0 Å². The van der Waals surface area contributed by atoms with Crippen LogP contribution in [0.4, 0.5) is 0 Å². The molecule has 2 rings (SSSR count). The van der Waals surface area contributed by atoms with Crippen molar-refractivity contribution in [3.63, 3.8) is 0 Å². The molecular formula is C14H24N2O4S. The third kappa shape index (κ3) is 3.07. The molecule has 1 saturated heterocycles. The Morgan fingerprint density at radius 3 is 2.43 bits per heavy atom. The highest BCUT2D eigenvalue weighted by Crippen LogP contribution is 2.36. The molecule has 0 aromatic rings. The Kier molecular flexibility index (Phi) is 4.60. The molecule has 1 unspecified atom stereocenters. The highest BCUT2D eigenvalue weighted by atomic mass is 32.2. The van der Waals surface area contributed by atoms with E-state index in [1.165, 1.54) is 0 Å². The Labute approximate surface area is 126 Å². The van der Waals surface area contributed by atoms with Gasteiger partial charge in [-0.05, 0) is 19.8 Å². The lowest BCUT2D eigenvalue weighted by Crippen LogP contribution is -2.71. The first kappa shape index (κ1) is 16.3. The molecule has 6 nitrogen and oxygen atoms in total. The van der Waals surface area contributed by atoms with E-state index in [1.54, 1.807) is 18.7 Å². The van der Waals surface area contributed by atoms with E-state index in [2.05, 4.69) is 5.32 Å². The summed E-state index contributed by atoms with van der Waals surface area (Å²) < 4.78 is 23.5. The van der Waals surface area contributed by atoms with Gasteiger partial charge in [0.15, 0.2) is 9.84 Å². The number of nitrogens with one attached hydrogen (secondary N) is 1. The van der Waals surface area contributed by atoms with Crippen LogP contribution in [0.2, 0.25) is 0 Å². The van der Waals surface area contributed by atoms with Crippen LogP contribution < -0.4 is 5.32 Å². The summed E-state index contributed by atoms with van der Waals surface area (Å²) in [6.45, 7) is 3.36. The second-order valence-corrected chi connectivity index (χ2v) is 8.49. The van der Waals surface area contributed by atoms with Crippen molar-refractivity contribution in [1.29, 1.82) is 0 Å². The summed E-state index contributed by atoms with van der Waals surface area (Å²) in [7, 11) is -3.16. The molecule has 1 N–H and O–H groups in total. The van der Waals surface area contributed by atoms with Crippen LogP contribution in [0.1, 0.15) is 46.0 Å². The van der Waals surface area contributed by atoms with E-state index in [0.717, 1.165) is 19.3 Å². The minimum atomic E-state index is -3.16. The fourth-order valence-corrected chi connectivity index (χ4v) is 4.04. The van der Waals surface area contributed by atoms with E-state index in [4.69, 9.17) is 0 Å². The molecule has 1 heterocycles. The van der Waals surface area contributed by atoms with E-state index < -0.39 is 21.4 Å². The summed E-state index contributed by atoms with van der Waals surface area (Å²) in [5, 5.41) is 2.75. The first-order valence-electron chi connectivity index (χ1n) is 7.65. The Morgan fingerprint density at radius 1 is 1.24 bits per heavy atom. The largest absolute Gasteiger partial charge is 0.343 e. The number of rotatable bonds is 4. The average Bonchev–Trinajstić information content (AvgIpc) is 2.46. The van der Waals surface area contributed by atoms with Crippen molar-refractivity contribution in [2.45, 2.75) is 57.5 Å². The number of hydrogen-bond acceptors (Lipinski definition) is 4. The van der Waals surface area contributed by atoms with Crippen LogP contribution in [0.3, 0.4) is 0 Å².